The molecular weight excluding hydrogens is 296 g/mol. The number of rotatable bonds is 5. The number of carbonyl (C=O) groups is 1. The van der Waals surface area contributed by atoms with Gasteiger partial charge in [-0.2, -0.15) is 0 Å². The van der Waals surface area contributed by atoms with Gasteiger partial charge in [0, 0.05) is 26.1 Å². The number of amides is 1. The van der Waals surface area contributed by atoms with Gasteiger partial charge in [-0.3, -0.25) is 4.79 Å². The molecule has 3 heterocycles. The SMILES string of the molecule is CCC(C)c1nnc(N2CCC(n3cc(C(N)=O)nn3)C2)n1C. The van der Waals surface area contributed by atoms with Crippen molar-refractivity contribution in [2.45, 2.75) is 38.6 Å². The van der Waals surface area contributed by atoms with Crippen molar-refractivity contribution in [3.05, 3.63) is 17.7 Å². The van der Waals surface area contributed by atoms with Gasteiger partial charge < -0.3 is 15.2 Å². The number of carbonyl (C=O) groups excluding carboxylic acids is 1. The zero-order valence-electron chi connectivity index (χ0n) is 13.7. The van der Waals surface area contributed by atoms with Crippen LogP contribution in [0.3, 0.4) is 0 Å². The predicted octanol–water partition coefficient (Wildman–Crippen LogP) is 0.470. The minimum Gasteiger partial charge on any atom is -0.364 e. The van der Waals surface area contributed by atoms with Gasteiger partial charge in [-0.05, 0) is 12.8 Å². The summed E-state index contributed by atoms with van der Waals surface area (Å²) in [5.74, 6) is 1.70. The molecule has 0 aliphatic carbocycles. The fourth-order valence-electron chi connectivity index (χ4n) is 2.93. The Balaban J connectivity index is 1.74. The van der Waals surface area contributed by atoms with Crippen LogP contribution < -0.4 is 10.6 Å². The molecule has 2 aromatic heterocycles. The summed E-state index contributed by atoms with van der Waals surface area (Å²) in [6.07, 6.45) is 3.55. The molecule has 1 saturated heterocycles. The van der Waals surface area contributed by atoms with E-state index in [4.69, 9.17) is 5.73 Å². The van der Waals surface area contributed by atoms with Crippen molar-refractivity contribution in [3.8, 4) is 0 Å². The second kappa shape index (κ2) is 5.98. The molecule has 0 radical (unpaired) electrons. The van der Waals surface area contributed by atoms with Crippen LogP contribution in [0, 0.1) is 0 Å². The van der Waals surface area contributed by atoms with E-state index in [1.807, 2.05) is 7.05 Å². The number of hydrogen-bond donors (Lipinski definition) is 1. The molecule has 1 aliphatic heterocycles. The van der Waals surface area contributed by atoms with E-state index < -0.39 is 5.91 Å². The van der Waals surface area contributed by atoms with Crippen LogP contribution in [0.25, 0.3) is 0 Å². The van der Waals surface area contributed by atoms with Gasteiger partial charge in [-0.25, -0.2) is 4.68 Å². The van der Waals surface area contributed by atoms with Crippen LogP contribution in [0.2, 0.25) is 0 Å². The molecule has 124 valence electrons. The normalized spacial score (nSPS) is 19.3. The number of hydrogen-bond acceptors (Lipinski definition) is 6. The molecule has 2 unspecified atom stereocenters. The molecule has 3 rings (SSSR count). The van der Waals surface area contributed by atoms with Crippen molar-refractivity contribution in [2.75, 3.05) is 18.0 Å². The highest BCUT2D eigenvalue weighted by atomic mass is 16.1. The molecule has 2 aromatic rings. The molecule has 0 saturated carbocycles. The van der Waals surface area contributed by atoms with E-state index in [2.05, 4.69) is 43.8 Å². The van der Waals surface area contributed by atoms with Crippen LogP contribution in [-0.2, 0) is 7.05 Å². The summed E-state index contributed by atoms with van der Waals surface area (Å²) in [5, 5.41) is 16.5. The van der Waals surface area contributed by atoms with Crippen molar-refractivity contribution >= 4 is 11.9 Å². The minimum absolute atomic E-state index is 0.152. The van der Waals surface area contributed by atoms with Crippen LogP contribution in [0.5, 0.6) is 0 Å². The van der Waals surface area contributed by atoms with Crippen molar-refractivity contribution in [1.29, 1.82) is 0 Å². The van der Waals surface area contributed by atoms with Gasteiger partial charge in [0.2, 0.25) is 5.95 Å². The van der Waals surface area contributed by atoms with Crippen LogP contribution in [0.4, 0.5) is 5.95 Å². The first-order valence-electron chi connectivity index (χ1n) is 7.87. The topological polar surface area (TPSA) is 108 Å². The lowest BCUT2D eigenvalue weighted by atomic mass is 10.1. The summed E-state index contributed by atoms with van der Waals surface area (Å²) in [5.41, 5.74) is 5.42. The quantitative estimate of drug-likeness (QED) is 0.858. The number of aromatic nitrogens is 6. The first kappa shape index (κ1) is 15.4. The Hall–Kier alpha value is -2.45. The van der Waals surface area contributed by atoms with E-state index >= 15 is 0 Å². The average Bonchev–Trinajstić information content (AvgIpc) is 3.24. The molecule has 0 bridgehead atoms. The summed E-state index contributed by atoms with van der Waals surface area (Å²) in [4.78, 5) is 13.3. The molecule has 0 spiro atoms. The highest BCUT2D eigenvalue weighted by molar-refractivity contribution is 5.90. The summed E-state index contributed by atoms with van der Waals surface area (Å²) < 4.78 is 3.78. The molecule has 9 nitrogen and oxygen atoms in total. The van der Waals surface area contributed by atoms with Gasteiger partial charge in [-0.1, -0.05) is 19.1 Å². The summed E-state index contributed by atoms with van der Waals surface area (Å²) >= 11 is 0. The van der Waals surface area contributed by atoms with Crippen molar-refractivity contribution in [3.63, 3.8) is 0 Å². The molecule has 9 heteroatoms. The Kier molecular flexibility index (Phi) is 4.01. The number of anilines is 1. The maximum atomic E-state index is 11.1. The summed E-state index contributed by atoms with van der Waals surface area (Å²) in [6, 6.07) is 0.152. The van der Waals surface area contributed by atoms with Crippen LogP contribution in [0.1, 0.15) is 55.0 Å². The molecule has 2 N–H and O–H groups in total. The molecule has 1 fully saturated rings. The molecule has 2 atom stereocenters. The van der Waals surface area contributed by atoms with E-state index in [1.54, 1.807) is 10.9 Å². The zero-order chi connectivity index (χ0) is 16.6. The van der Waals surface area contributed by atoms with Gasteiger partial charge in [0.15, 0.2) is 5.69 Å². The molecule has 0 aromatic carbocycles. The third kappa shape index (κ3) is 2.78. The minimum atomic E-state index is -0.558. The Morgan fingerprint density at radius 2 is 2.22 bits per heavy atom. The maximum absolute atomic E-state index is 11.1. The molecule has 1 amide bonds. The first-order valence-corrected chi connectivity index (χ1v) is 7.87. The number of nitrogens with zero attached hydrogens (tertiary/aromatic N) is 7. The third-order valence-electron chi connectivity index (χ3n) is 4.52. The smallest absolute Gasteiger partial charge is 0.270 e. The molecule has 23 heavy (non-hydrogen) atoms. The fraction of sp³-hybridized carbons (Fsp3) is 0.643. The Labute approximate surface area is 134 Å². The van der Waals surface area contributed by atoms with Gasteiger partial charge in [0.05, 0.1) is 12.2 Å². The second-order valence-electron chi connectivity index (χ2n) is 6.06. The highest BCUT2D eigenvalue weighted by Crippen LogP contribution is 2.27. The largest absolute Gasteiger partial charge is 0.364 e. The van der Waals surface area contributed by atoms with Crippen LogP contribution >= 0.6 is 0 Å². The highest BCUT2D eigenvalue weighted by Gasteiger charge is 2.29. The lowest BCUT2D eigenvalue weighted by Crippen LogP contribution is -2.24. The standard InChI is InChI=1S/C14H22N8O/c1-4-9(2)13-17-18-14(20(13)3)21-6-5-10(7-21)22-8-11(12(15)23)16-19-22/h8-10H,4-7H2,1-3H3,(H2,15,23). The van der Waals surface area contributed by atoms with E-state index in [0.717, 1.165) is 37.7 Å². The Morgan fingerprint density at radius 3 is 2.87 bits per heavy atom. The molecular formula is C14H22N8O. The van der Waals surface area contributed by atoms with Gasteiger partial charge >= 0.3 is 0 Å². The Morgan fingerprint density at radius 1 is 1.43 bits per heavy atom. The maximum Gasteiger partial charge on any atom is 0.270 e. The fourth-order valence-corrected chi connectivity index (χ4v) is 2.93. The van der Waals surface area contributed by atoms with Gasteiger partial charge in [-0.15, -0.1) is 15.3 Å². The zero-order valence-corrected chi connectivity index (χ0v) is 13.7. The van der Waals surface area contributed by atoms with E-state index in [9.17, 15) is 4.79 Å². The summed E-state index contributed by atoms with van der Waals surface area (Å²) in [6.45, 7) is 5.92. The van der Waals surface area contributed by atoms with E-state index in [-0.39, 0.29) is 11.7 Å². The monoisotopic (exact) mass is 318 g/mol. The van der Waals surface area contributed by atoms with Crippen molar-refractivity contribution in [1.82, 2.24) is 29.8 Å². The third-order valence-corrected chi connectivity index (χ3v) is 4.52. The Bertz CT molecular complexity index is 705. The lowest BCUT2D eigenvalue weighted by molar-refractivity contribution is 0.0995. The number of primary amides is 1. The van der Waals surface area contributed by atoms with Crippen LogP contribution in [0.15, 0.2) is 6.20 Å². The van der Waals surface area contributed by atoms with E-state index in [1.165, 1.54) is 0 Å². The van der Waals surface area contributed by atoms with Gasteiger partial charge in [0.25, 0.3) is 5.91 Å². The summed E-state index contributed by atoms with van der Waals surface area (Å²) in [7, 11) is 2.00. The lowest BCUT2D eigenvalue weighted by Gasteiger charge is -2.18. The predicted molar refractivity (Wildman–Crippen MR) is 84.1 cm³/mol. The van der Waals surface area contributed by atoms with Gasteiger partial charge in [0.1, 0.15) is 5.82 Å². The van der Waals surface area contributed by atoms with Crippen LogP contribution in [-0.4, -0.2) is 48.8 Å². The van der Waals surface area contributed by atoms with Crippen molar-refractivity contribution < 1.29 is 4.79 Å². The first-order chi connectivity index (χ1) is 11.0. The van der Waals surface area contributed by atoms with E-state index in [0.29, 0.717) is 5.92 Å². The number of nitrogens with two attached hydrogens (primary N) is 1. The van der Waals surface area contributed by atoms with Crippen molar-refractivity contribution in [2.24, 2.45) is 12.8 Å². The average molecular weight is 318 g/mol. The molecule has 1 aliphatic rings. The second-order valence-corrected chi connectivity index (χ2v) is 6.06.